The Labute approximate surface area is 191 Å². The van der Waals surface area contributed by atoms with Crippen LogP contribution in [0.2, 0.25) is 0 Å². The normalized spacial score (nSPS) is 24.3. The lowest BCUT2D eigenvalue weighted by Crippen LogP contribution is -2.35. The van der Waals surface area contributed by atoms with Crippen LogP contribution in [0.25, 0.3) is 11.2 Å². The number of rotatable bonds is 8. The fourth-order valence-electron chi connectivity index (χ4n) is 3.36. The summed E-state index contributed by atoms with van der Waals surface area (Å²) in [7, 11) is 0. The fourth-order valence-corrected chi connectivity index (χ4v) is 3.90. The van der Waals surface area contributed by atoms with Gasteiger partial charge in [0.2, 0.25) is 0 Å². The monoisotopic (exact) mass is 495 g/mol. The number of aromatic nitrogens is 4. The number of imidazole rings is 1. The zero-order valence-corrected chi connectivity index (χ0v) is 18.5. The van der Waals surface area contributed by atoms with E-state index in [0.717, 1.165) is 0 Å². The molecular weight excluding hydrogens is 477 g/mol. The Bertz CT molecular complexity index is 1210. The number of carbonyl (C=O) groups excluding carboxylic acids is 2. The maximum absolute atomic E-state index is 12.5. The van der Waals surface area contributed by atoms with Crippen molar-refractivity contribution in [2.75, 3.05) is 11.9 Å². The van der Waals surface area contributed by atoms with E-state index in [2.05, 4.69) is 32.5 Å². The summed E-state index contributed by atoms with van der Waals surface area (Å²) in [5.41, 5.74) is 0.854. The number of aliphatic hydroxyl groups is 1. The van der Waals surface area contributed by atoms with Crippen molar-refractivity contribution >= 4 is 48.4 Å². The molecule has 0 aliphatic carbocycles. The molecule has 1 aliphatic rings. The SMILES string of the molecule is O=CO[C@@H]1[C@H](O)[C@@H](COP(=O)(O)S)O[C@H]1n1cnc2c(NC(=O)c3ccccc3)ncnc21. The molecule has 3 heterocycles. The van der Waals surface area contributed by atoms with E-state index in [4.69, 9.17) is 14.0 Å². The van der Waals surface area contributed by atoms with Crippen LogP contribution in [0.4, 0.5) is 5.82 Å². The molecule has 1 aliphatic heterocycles. The van der Waals surface area contributed by atoms with Crippen molar-refractivity contribution in [3.05, 3.63) is 48.5 Å². The maximum Gasteiger partial charge on any atom is 0.383 e. The average molecular weight is 495 g/mol. The second-order valence-corrected chi connectivity index (χ2v) is 9.66. The third-order valence-corrected chi connectivity index (χ3v) is 5.67. The summed E-state index contributed by atoms with van der Waals surface area (Å²) in [4.78, 5) is 45.2. The van der Waals surface area contributed by atoms with Crippen LogP contribution in [0.15, 0.2) is 43.0 Å². The summed E-state index contributed by atoms with van der Waals surface area (Å²) in [6.45, 7) is -4.48. The van der Waals surface area contributed by atoms with Gasteiger partial charge < -0.3 is 24.8 Å². The molecular formula is C18H18N5O8PS. The van der Waals surface area contributed by atoms with Crippen LogP contribution in [0.5, 0.6) is 0 Å². The molecule has 15 heteroatoms. The van der Waals surface area contributed by atoms with Gasteiger partial charge in [0.15, 0.2) is 29.3 Å². The third-order valence-electron chi connectivity index (χ3n) is 4.83. The first-order chi connectivity index (χ1) is 15.8. The largest absolute Gasteiger partial charge is 0.457 e. The molecule has 33 heavy (non-hydrogen) atoms. The van der Waals surface area contributed by atoms with E-state index >= 15 is 0 Å². The highest BCUT2D eigenvalue weighted by atomic mass is 32.7. The van der Waals surface area contributed by atoms with E-state index in [-0.39, 0.29) is 23.5 Å². The Morgan fingerprint density at radius 2 is 2.06 bits per heavy atom. The fraction of sp³-hybridized carbons (Fsp3) is 0.278. The van der Waals surface area contributed by atoms with Gasteiger partial charge in [-0.05, 0) is 12.1 Å². The van der Waals surface area contributed by atoms with E-state index in [1.54, 1.807) is 30.3 Å². The lowest BCUT2D eigenvalue weighted by Gasteiger charge is -2.19. The molecule has 4 rings (SSSR count). The van der Waals surface area contributed by atoms with E-state index in [0.29, 0.717) is 5.56 Å². The molecule has 0 saturated carbocycles. The smallest absolute Gasteiger partial charge is 0.383 e. The summed E-state index contributed by atoms with van der Waals surface area (Å²) >= 11 is 3.41. The number of nitrogens with zero attached hydrogens (tertiary/aromatic N) is 4. The lowest BCUT2D eigenvalue weighted by molar-refractivity contribution is -0.142. The summed E-state index contributed by atoms with van der Waals surface area (Å²) in [5, 5.41) is 13.2. The van der Waals surface area contributed by atoms with Crippen molar-refractivity contribution in [2.45, 2.75) is 24.5 Å². The predicted octanol–water partition coefficient (Wildman–Crippen LogP) is 0.925. The van der Waals surface area contributed by atoms with Crippen molar-refractivity contribution in [3.8, 4) is 0 Å². The van der Waals surface area contributed by atoms with E-state index in [1.165, 1.54) is 17.2 Å². The van der Waals surface area contributed by atoms with Gasteiger partial charge in [0.05, 0.1) is 12.9 Å². The highest BCUT2D eigenvalue weighted by Gasteiger charge is 2.47. The number of fused-ring (bicyclic) bond motifs is 1. The molecule has 0 radical (unpaired) electrons. The third kappa shape index (κ3) is 5.05. The zero-order valence-electron chi connectivity index (χ0n) is 16.7. The molecule has 1 aromatic carbocycles. The number of hydrogen-bond acceptors (Lipinski definition) is 10. The highest BCUT2D eigenvalue weighted by Crippen LogP contribution is 2.47. The van der Waals surface area contributed by atoms with E-state index in [9.17, 15) is 24.2 Å². The summed E-state index contributed by atoms with van der Waals surface area (Å²) in [5.74, 6) is -0.271. The number of ether oxygens (including phenoxy) is 2. The first-order valence-electron chi connectivity index (χ1n) is 9.45. The number of hydrogen-bond donors (Lipinski definition) is 4. The lowest BCUT2D eigenvalue weighted by atomic mass is 10.1. The Kier molecular flexibility index (Phi) is 6.74. The van der Waals surface area contributed by atoms with Crippen molar-refractivity contribution < 1.29 is 38.2 Å². The van der Waals surface area contributed by atoms with Gasteiger partial charge in [-0.2, -0.15) is 0 Å². The number of carbonyl (C=O) groups is 2. The molecule has 2 aromatic heterocycles. The number of benzene rings is 1. The van der Waals surface area contributed by atoms with Crippen molar-refractivity contribution in [1.82, 2.24) is 19.5 Å². The van der Waals surface area contributed by atoms with Crippen LogP contribution in [0, 0.1) is 0 Å². The quantitative estimate of drug-likeness (QED) is 0.199. The minimum atomic E-state index is -4.13. The second-order valence-electron chi connectivity index (χ2n) is 6.91. The van der Waals surface area contributed by atoms with Crippen LogP contribution < -0.4 is 5.32 Å². The van der Waals surface area contributed by atoms with E-state index < -0.39 is 43.9 Å². The standard InChI is InChI=1S/C18H18N5O8PS/c24-9-29-14-13(25)11(6-30-32(27,28)33)31-18(14)23-8-21-12-15(19-7-20-16(12)23)22-17(26)10-4-2-1-3-5-10/h1-5,7-9,11,13-14,18,25H,6H2,(H2,27,28,33)(H,19,20,22,26)/t11-,13-,14-,18-/m1/s1. The number of thiol groups is 1. The molecule has 5 atom stereocenters. The molecule has 3 N–H and O–H groups in total. The number of anilines is 1. The first-order valence-corrected chi connectivity index (χ1v) is 12.2. The van der Waals surface area contributed by atoms with Crippen LogP contribution in [0.1, 0.15) is 16.6 Å². The van der Waals surface area contributed by atoms with Crippen molar-refractivity contribution in [1.29, 1.82) is 0 Å². The van der Waals surface area contributed by atoms with Gasteiger partial charge in [0, 0.05) is 5.56 Å². The van der Waals surface area contributed by atoms with Crippen LogP contribution >= 0.6 is 19.0 Å². The first kappa shape index (κ1) is 23.3. The summed E-state index contributed by atoms with van der Waals surface area (Å²) in [6, 6.07) is 8.50. The van der Waals surface area contributed by atoms with Gasteiger partial charge in [-0.1, -0.05) is 30.4 Å². The van der Waals surface area contributed by atoms with Crippen LogP contribution in [-0.4, -0.2) is 66.8 Å². The number of aliphatic hydroxyl groups excluding tert-OH is 1. The number of amides is 1. The predicted molar refractivity (Wildman–Crippen MR) is 115 cm³/mol. The van der Waals surface area contributed by atoms with Crippen LogP contribution in [0.3, 0.4) is 0 Å². The highest BCUT2D eigenvalue weighted by molar-refractivity contribution is 8.44. The Hall–Kier alpha value is -2.87. The van der Waals surface area contributed by atoms with Crippen LogP contribution in [-0.2, 0) is 23.4 Å². The molecule has 174 valence electrons. The molecule has 1 amide bonds. The van der Waals surface area contributed by atoms with Crippen molar-refractivity contribution in [2.24, 2.45) is 0 Å². The Morgan fingerprint density at radius 1 is 1.30 bits per heavy atom. The molecule has 1 unspecified atom stereocenters. The Balaban J connectivity index is 1.62. The van der Waals surface area contributed by atoms with E-state index in [1.807, 2.05) is 0 Å². The van der Waals surface area contributed by atoms with Gasteiger partial charge in [-0.3, -0.25) is 18.7 Å². The van der Waals surface area contributed by atoms with Gasteiger partial charge in [-0.15, -0.1) is 0 Å². The second kappa shape index (κ2) is 9.55. The molecule has 1 fully saturated rings. The molecule has 0 spiro atoms. The molecule has 13 nitrogen and oxygen atoms in total. The zero-order chi connectivity index (χ0) is 23.6. The minimum Gasteiger partial charge on any atom is -0.457 e. The van der Waals surface area contributed by atoms with Gasteiger partial charge >= 0.3 is 6.80 Å². The molecule has 3 aromatic rings. The molecule has 0 bridgehead atoms. The average Bonchev–Trinajstić information content (AvgIpc) is 3.35. The topological polar surface area (TPSA) is 175 Å². The van der Waals surface area contributed by atoms with Crippen molar-refractivity contribution in [3.63, 3.8) is 0 Å². The van der Waals surface area contributed by atoms with Gasteiger partial charge in [0.1, 0.15) is 18.5 Å². The maximum atomic E-state index is 12.5. The molecule has 1 saturated heterocycles. The summed E-state index contributed by atoms with van der Waals surface area (Å²) < 4.78 is 28.1. The minimum absolute atomic E-state index is 0.134. The Morgan fingerprint density at radius 3 is 2.76 bits per heavy atom. The van der Waals surface area contributed by atoms with Gasteiger partial charge in [0.25, 0.3) is 12.4 Å². The van der Waals surface area contributed by atoms with Gasteiger partial charge in [-0.25, -0.2) is 19.5 Å². The summed E-state index contributed by atoms with van der Waals surface area (Å²) in [6.07, 6.45) is -2.31. The number of nitrogens with one attached hydrogen (secondary N) is 1.